The average molecular weight is 499 g/mol. The molecule has 0 saturated heterocycles. The molecule has 0 radical (unpaired) electrons. The lowest BCUT2D eigenvalue weighted by atomic mass is 10.1. The number of benzene rings is 2. The maximum atomic E-state index is 11.0. The Balaban J connectivity index is 0.000000191. The van der Waals surface area contributed by atoms with Crippen LogP contribution in [0.15, 0.2) is 47.2 Å². The Morgan fingerprint density at radius 3 is 1.79 bits per heavy atom. The second-order valence-electron chi connectivity index (χ2n) is 7.05. The molecule has 174 valence electrons. The first-order valence-corrected chi connectivity index (χ1v) is 11.5. The molecule has 1 N–H and O–H groups in total. The fraction of sp³-hybridized carbons (Fsp3) is 0.136. The minimum absolute atomic E-state index is 0.0109. The minimum Gasteiger partial charge on any atom is -0.390 e. The van der Waals surface area contributed by atoms with Crippen LogP contribution in [-0.4, -0.2) is 31.2 Å². The van der Waals surface area contributed by atoms with Crippen molar-refractivity contribution in [1.29, 1.82) is 0 Å². The molecule has 0 aliphatic heterocycles. The zero-order valence-electron chi connectivity index (χ0n) is 18.0. The first kappa shape index (κ1) is 24.8. The fourth-order valence-corrected chi connectivity index (χ4v) is 4.56. The summed E-state index contributed by atoms with van der Waals surface area (Å²) in [6.45, 7) is 3.43. The van der Waals surface area contributed by atoms with Crippen molar-refractivity contribution in [1.82, 2.24) is 9.97 Å². The molecule has 0 amide bonds. The number of nitro groups is 2. The maximum Gasteiger partial charge on any atom is 0.279 e. The third-order valence-electron chi connectivity index (χ3n) is 4.52. The van der Waals surface area contributed by atoms with Crippen molar-refractivity contribution < 1.29 is 19.7 Å². The second kappa shape index (κ2) is 10.8. The van der Waals surface area contributed by atoms with Crippen molar-refractivity contribution in [3.63, 3.8) is 0 Å². The van der Waals surface area contributed by atoms with E-state index in [1.54, 1.807) is 42.8 Å². The molecular formula is C22H18N4O6S2. The highest BCUT2D eigenvalue weighted by Crippen LogP contribution is 2.33. The lowest BCUT2D eigenvalue weighted by Crippen LogP contribution is -1.93. The summed E-state index contributed by atoms with van der Waals surface area (Å²) in [5, 5.41) is 35.1. The van der Waals surface area contributed by atoms with Gasteiger partial charge in [0.25, 0.3) is 11.4 Å². The molecule has 34 heavy (non-hydrogen) atoms. The number of hydrogen-bond donors (Lipinski definition) is 1. The molecule has 4 aromatic rings. The normalized spacial score (nSPS) is 10.3. The predicted molar refractivity (Wildman–Crippen MR) is 129 cm³/mol. The van der Waals surface area contributed by atoms with Crippen LogP contribution in [0.2, 0.25) is 0 Å². The van der Waals surface area contributed by atoms with E-state index in [2.05, 4.69) is 9.97 Å². The molecule has 2 heterocycles. The van der Waals surface area contributed by atoms with Gasteiger partial charge in [-0.1, -0.05) is 12.1 Å². The van der Waals surface area contributed by atoms with Crippen LogP contribution in [-0.2, 0) is 6.61 Å². The molecule has 2 aromatic carbocycles. The zero-order chi connectivity index (χ0) is 24.8. The smallest absolute Gasteiger partial charge is 0.279 e. The largest absolute Gasteiger partial charge is 0.390 e. The van der Waals surface area contributed by atoms with Crippen molar-refractivity contribution in [2.75, 3.05) is 0 Å². The summed E-state index contributed by atoms with van der Waals surface area (Å²) < 4.78 is 0. The molecule has 4 rings (SSSR count). The third-order valence-corrected chi connectivity index (χ3v) is 6.34. The lowest BCUT2D eigenvalue weighted by molar-refractivity contribution is -0.384. The van der Waals surface area contributed by atoms with Gasteiger partial charge >= 0.3 is 0 Å². The van der Waals surface area contributed by atoms with E-state index in [0.29, 0.717) is 38.8 Å². The zero-order valence-corrected chi connectivity index (χ0v) is 19.6. The van der Waals surface area contributed by atoms with Crippen molar-refractivity contribution in [2.24, 2.45) is 0 Å². The topological polar surface area (TPSA) is 149 Å². The van der Waals surface area contributed by atoms with Crippen LogP contribution in [0.5, 0.6) is 0 Å². The summed E-state index contributed by atoms with van der Waals surface area (Å²) in [6.07, 6.45) is 0.625. The summed E-state index contributed by atoms with van der Waals surface area (Å²) in [5.74, 6) is 0. The van der Waals surface area contributed by atoms with Gasteiger partial charge in [-0.05, 0) is 37.1 Å². The van der Waals surface area contributed by atoms with E-state index in [0.717, 1.165) is 11.1 Å². The van der Waals surface area contributed by atoms with Crippen LogP contribution in [0.1, 0.15) is 27.3 Å². The molecule has 0 atom stereocenters. The van der Waals surface area contributed by atoms with Gasteiger partial charge in [0, 0.05) is 22.9 Å². The molecular weight excluding hydrogens is 480 g/mol. The number of nitrogens with zero attached hydrogens (tertiary/aromatic N) is 4. The van der Waals surface area contributed by atoms with Crippen LogP contribution in [0.25, 0.3) is 21.1 Å². The molecule has 0 spiro atoms. The molecule has 0 fully saturated rings. The van der Waals surface area contributed by atoms with Crippen LogP contribution >= 0.6 is 22.7 Å². The standard InChI is InChI=1S/C11H10N2O3S.C11H8N2O3S/c2*1-7-2-3-9(10(4-7)13(15)16)11-12-8(5-14)6-17-11/h2-4,6,14H,5H2,1H3;2-6H,1H3. The van der Waals surface area contributed by atoms with Crippen LogP contribution < -0.4 is 0 Å². The molecule has 12 heteroatoms. The minimum atomic E-state index is -0.440. The van der Waals surface area contributed by atoms with E-state index in [9.17, 15) is 25.0 Å². The lowest BCUT2D eigenvalue weighted by Gasteiger charge is -2.00. The Morgan fingerprint density at radius 1 is 0.882 bits per heavy atom. The van der Waals surface area contributed by atoms with Gasteiger partial charge in [-0.25, -0.2) is 9.97 Å². The molecule has 0 aliphatic rings. The highest BCUT2D eigenvalue weighted by Gasteiger charge is 2.19. The number of aliphatic hydroxyl groups is 1. The van der Waals surface area contributed by atoms with Crippen molar-refractivity contribution in [3.05, 3.63) is 89.9 Å². The van der Waals surface area contributed by atoms with Crippen LogP contribution in [0, 0.1) is 34.1 Å². The van der Waals surface area contributed by atoms with E-state index in [1.165, 1.54) is 34.8 Å². The molecule has 0 unspecified atom stereocenters. The first-order valence-electron chi connectivity index (χ1n) is 9.70. The number of carbonyl (C=O) groups excluding carboxylic acids is 1. The van der Waals surface area contributed by atoms with Crippen molar-refractivity contribution in [2.45, 2.75) is 20.5 Å². The van der Waals surface area contributed by atoms with Gasteiger partial charge in [-0.15, -0.1) is 22.7 Å². The van der Waals surface area contributed by atoms with Gasteiger partial charge in [0.2, 0.25) is 0 Å². The predicted octanol–water partition coefficient (Wildman–Crippen LogP) is 5.36. The summed E-state index contributed by atoms with van der Waals surface area (Å²) in [5.41, 5.74) is 3.45. The summed E-state index contributed by atoms with van der Waals surface area (Å²) in [4.78, 5) is 39.7. The van der Waals surface area contributed by atoms with Gasteiger partial charge in [0.05, 0.1) is 33.3 Å². The quantitative estimate of drug-likeness (QED) is 0.212. The number of aryl methyl sites for hydroxylation is 2. The first-order chi connectivity index (χ1) is 16.2. The third kappa shape index (κ3) is 5.73. The molecule has 10 nitrogen and oxygen atoms in total. The monoisotopic (exact) mass is 498 g/mol. The Morgan fingerprint density at radius 2 is 1.38 bits per heavy atom. The van der Waals surface area contributed by atoms with Gasteiger partial charge in [0.1, 0.15) is 15.7 Å². The molecule has 0 bridgehead atoms. The van der Waals surface area contributed by atoms with Crippen LogP contribution in [0.3, 0.4) is 0 Å². The van der Waals surface area contributed by atoms with Crippen LogP contribution in [0.4, 0.5) is 11.4 Å². The summed E-state index contributed by atoms with van der Waals surface area (Å²) in [7, 11) is 0. The van der Waals surface area contributed by atoms with Gasteiger partial charge in [-0.3, -0.25) is 25.0 Å². The number of aliphatic hydroxyl groups excluding tert-OH is 1. The van der Waals surface area contributed by atoms with E-state index >= 15 is 0 Å². The SMILES string of the molecule is Cc1ccc(-c2nc(C=O)cs2)c([N+](=O)[O-])c1.Cc1ccc(-c2nc(CO)cs2)c([N+](=O)[O-])c1. The molecule has 0 saturated carbocycles. The Hall–Kier alpha value is -3.87. The Labute approximate surface area is 201 Å². The van der Waals surface area contributed by atoms with E-state index < -0.39 is 9.85 Å². The fourth-order valence-electron chi connectivity index (χ4n) is 2.91. The van der Waals surface area contributed by atoms with Gasteiger partial charge < -0.3 is 5.11 Å². The van der Waals surface area contributed by atoms with Crippen molar-refractivity contribution >= 4 is 40.3 Å². The summed E-state index contributed by atoms with van der Waals surface area (Å²) >= 11 is 2.51. The summed E-state index contributed by atoms with van der Waals surface area (Å²) in [6, 6.07) is 9.95. The number of hydrogen-bond acceptors (Lipinski definition) is 10. The number of nitro benzene ring substituents is 2. The second-order valence-corrected chi connectivity index (χ2v) is 8.77. The van der Waals surface area contributed by atoms with E-state index in [-0.39, 0.29) is 18.0 Å². The molecule has 0 aliphatic carbocycles. The van der Waals surface area contributed by atoms with Gasteiger partial charge in [0.15, 0.2) is 6.29 Å². The number of rotatable bonds is 6. The van der Waals surface area contributed by atoms with E-state index in [4.69, 9.17) is 5.11 Å². The Bertz CT molecular complexity index is 1370. The van der Waals surface area contributed by atoms with Crippen molar-refractivity contribution in [3.8, 4) is 21.1 Å². The highest BCUT2D eigenvalue weighted by molar-refractivity contribution is 7.13. The molecule has 2 aromatic heterocycles. The number of aldehydes is 1. The Kier molecular flexibility index (Phi) is 7.89. The average Bonchev–Trinajstić information content (AvgIpc) is 3.49. The number of carbonyl (C=O) groups is 1. The van der Waals surface area contributed by atoms with Gasteiger partial charge in [-0.2, -0.15) is 0 Å². The number of thiazole rings is 2. The van der Waals surface area contributed by atoms with E-state index in [1.807, 2.05) is 6.07 Å². The number of aromatic nitrogens is 2. The highest BCUT2D eigenvalue weighted by atomic mass is 32.1. The maximum absolute atomic E-state index is 11.0.